The average molecular weight is 532 g/mol. The monoisotopic (exact) mass is 531 g/mol. The third kappa shape index (κ3) is 8.83. The number of benzene rings is 2. The molecule has 0 radical (unpaired) electrons. The summed E-state index contributed by atoms with van der Waals surface area (Å²) in [6.45, 7) is 4.24. The largest absolute Gasteiger partial charge is 0.488 e. The molecule has 0 spiro atoms. The Kier molecular flexibility index (Phi) is 9.99. The fourth-order valence-electron chi connectivity index (χ4n) is 3.35. The zero-order valence-electron chi connectivity index (χ0n) is 21.3. The lowest BCUT2D eigenvalue weighted by atomic mass is 10.2. The van der Waals surface area contributed by atoms with Crippen LogP contribution in [0.4, 0.5) is 16.0 Å². The van der Waals surface area contributed by atoms with Crippen molar-refractivity contribution in [3.63, 3.8) is 0 Å². The van der Waals surface area contributed by atoms with Gasteiger partial charge < -0.3 is 19.7 Å². The molecule has 0 atom stereocenters. The van der Waals surface area contributed by atoms with Crippen LogP contribution in [0.1, 0.15) is 32.3 Å². The quantitative estimate of drug-likeness (QED) is 0.348. The van der Waals surface area contributed by atoms with E-state index in [1.165, 1.54) is 16.7 Å². The predicted octanol–water partition coefficient (Wildman–Crippen LogP) is 4.30. The Balaban J connectivity index is 1.85. The summed E-state index contributed by atoms with van der Waals surface area (Å²) in [5.74, 6) is -0.521. The van der Waals surface area contributed by atoms with Crippen molar-refractivity contribution in [1.82, 2.24) is 19.4 Å². The Hall–Kier alpha value is -3.50. The minimum absolute atomic E-state index is 0.0712. The van der Waals surface area contributed by atoms with E-state index >= 15 is 0 Å². The maximum Gasteiger partial charge on any atom is 0.355 e. The zero-order valence-corrected chi connectivity index (χ0v) is 22.1. The van der Waals surface area contributed by atoms with Crippen LogP contribution in [0.3, 0.4) is 0 Å². The summed E-state index contributed by atoms with van der Waals surface area (Å²) in [5, 5.41) is 3.52. The molecule has 1 aromatic heterocycles. The van der Waals surface area contributed by atoms with Crippen LogP contribution in [0.25, 0.3) is 0 Å². The van der Waals surface area contributed by atoms with Gasteiger partial charge in [0.25, 0.3) is 0 Å². The van der Waals surface area contributed by atoms with Crippen molar-refractivity contribution in [2.75, 3.05) is 32.6 Å². The molecule has 0 amide bonds. The first kappa shape index (κ1) is 28.1. The van der Waals surface area contributed by atoms with Gasteiger partial charge in [-0.05, 0) is 70.7 Å². The molecule has 0 aliphatic rings. The van der Waals surface area contributed by atoms with E-state index < -0.39 is 11.5 Å². The molecule has 2 aromatic carbocycles. The molecule has 3 aromatic rings. The number of halogens is 2. The second-order valence-electron chi connectivity index (χ2n) is 9.00. The Morgan fingerprint density at radius 1 is 1.16 bits per heavy atom. The normalized spacial score (nSPS) is 11.1. The minimum atomic E-state index is -0.650. The SMILES string of the molecule is CC(C)Oc1ccc(Nc2nc(OCC(=O)CCCN(C)C)nc(=O)n2Cc2ccc(Cl)cc2)cc1F. The van der Waals surface area contributed by atoms with Crippen LogP contribution in [-0.2, 0) is 11.3 Å². The van der Waals surface area contributed by atoms with Crippen molar-refractivity contribution in [3.05, 3.63) is 69.4 Å². The van der Waals surface area contributed by atoms with Crippen LogP contribution in [0.5, 0.6) is 11.8 Å². The van der Waals surface area contributed by atoms with Gasteiger partial charge in [-0.25, -0.2) is 9.18 Å². The highest BCUT2D eigenvalue weighted by atomic mass is 35.5. The third-order valence-electron chi connectivity index (χ3n) is 5.11. The van der Waals surface area contributed by atoms with Gasteiger partial charge in [0.05, 0.1) is 12.6 Å². The van der Waals surface area contributed by atoms with Crippen LogP contribution < -0.4 is 20.5 Å². The van der Waals surface area contributed by atoms with Crippen molar-refractivity contribution in [1.29, 1.82) is 0 Å². The van der Waals surface area contributed by atoms with Gasteiger partial charge in [-0.15, -0.1) is 4.98 Å². The van der Waals surface area contributed by atoms with Gasteiger partial charge in [0, 0.05) is 23.2 Å². The van der Waals surface area contributed by atoms with E-state index in [1.807, 2.05) is 19.0 Å². The molecular formula is C26H31ClFN5O4. The summed E-state index contributed by atoms with van der Waals surface area (Å²) < 4.78 is 26.7. The fourth-order valence-corrected chi connectivity index (χ4v) is 3.48. The number of aromatic nitrogens is 3. The van der Waals surface area contributed by atoms with Gasteiger partial charge in [-0.3, -0.25) is 9.36 Å². The van der Waals surface area contributed by atoms with Crippen LogP contribution in [0, 0.1) is 5.82 Å². The Morgan fingerprint density at radius 3 is 2.54 bits per heavy atom. The second kappa shape index (κ2) is 13.2. The molecule has 0 saturated carbocycles. The summed E-state index contributed by atoms with van der Waals surface area (Å²) in [4.78, 5) is 35.3. The fraction of sp³-hybridized carbons (Fsp3) is 0.385. The average Bonchev–Trinajstić information content (AvgIpc) is 2.82. The van der Waals surface area contributed by atoms with Gasteiger partial charge in [0.2, 0.25) is 5.95 Å². The summed E-state index contributed by atoms with van der Waals surface area (Å²) in [7, 11) is 3.86. The molecule has 1 N–H and O–H groups in total. The molecule has 0 aliphatic carbocycles. The number of hydrogen-bond acceptors (Lipinski definition) is 8. The first-order valence-electron chi connectivity index (χ1n) is 11.9. The summed E-state index contributed by atoms with van der Waals surface area (Å²) in [6, 6.07) is 11.0. The summed E-state index contributed by atoms with van der Waals surface area (Å²) in [6.07, 6.45) is 0.833. The Morgan fingerprint density at radius 2 is 1.89 bits per heavy atom. The molecule has 0 bridgehead atoms. The molecule has 3 rings (SSSR count). The van der Waals surface area contributed by atoms with Crippen LogP contribution in [0.15, 0.2) is 47.3 Å². The zero-order chi connectivity index (χ0) is 26.9. The topological polar surface area (TPSA) is 98.6 Å². The van der Waals surface area contributed by atoms with Gasteiger partial charge in [0.1, 0.15) is 6.61 Å². The van der Waals surface area contributed by atoms with Crippen molar-refractivity contribution in [3.8, 4) is 11.8 Å². The maximum absolute atomic E-state index is 14.6. The molecule has 37 heavy (non-hydrogen) atoms. The van der Waals surface area contributed by atoms with Crippen LogP contribution in [-0.4, -0.2) is 58.6 Å². The molecule has 11 heteroatoms. The molecule has 0 aliphatic heterocycles. The molecule has 9 nitrogen and oxygen atoms in total. The third-order valence-corrected chi connectivity index (χ3v) is 5.36. The van der Waals surface area contributed by atoms with Crippen molar-refractivity contribution in [2.24, 2.45) is 0 Å². The first-order valence-corrected chi connectivity index (χ1v) is 12.2. The van der Waals surface area contributed by atoms with Gasteiger partial charge in [0.15, 0.2) is 17.3 Å². The number of nitrogens with one attached hydrogen (secondary N) is 1. The lowest BCUT2D eigenvalue weighted by Crippen LogP contribution is -2.28. The molecule has 1 heterocycles. The predicted molar refractivity (Wildman–Crippen MR) is 141 cm³/mol. The summed E-state index contributed by atoms with van der Waals surface area (Å²) >= 11 is 5.97. The molecule has 0 unspecified atom stereocenters. The second-order valence-corrected chi connectivity index (χ2v) is 9.43. The van der Waals surface area contributed by atoms with E-state index in [4.69, 9.17) is 21.1 Å². The summed E-state index contributed by atoms with van der Waals surface area (Å²) in [5.41, 5.74) is 0.458. The van der Waals surface area contributed by atoms with Crippen LogP contribution in [0.2, 0.25) is 5.02 Å². The highest BCUT2D eigenvalue weighted by molar-refractivity contribution is 6.30. The lowest BCUT2D eigenvalue weighted by molar-refractivity contribution is -0.121. The van der Waals surface area contributed by atoms with Crippen molar-refractivity contribution >= 4 is 29.0 Å². The molecule has 0 fully saturated rings. The Bertz CT molecular complexity index is 1260. The lowest BCUT2D eigenvalue weighted by Gasteiger charge is -2.16. The number of Topliss-reactive ketones (excluding diaryl/α,β-unsaturated/α-hetero) is 1. The van der Waals surface area contributed by atoms with Crippen molar-refractivity contribution < 1.29 is 18.7 Å². The van der Waals surface area contributed by atoms with Crippen molar-refractivity contribution in [2.45, 2.75) is 39.3 Å². The number of ether oxygens (including phenoxy) is 2. The smallest absolute Gasteiger partial charge is 0.355 e. The van der Waals surface area contributed by atoms with E-state index in [-0.39, 0.29) is 42.7 Å². The van der Waals surface area contributed by atoms with E-state index in [9.17, 15) is 14.0 Å². The van der Waals surface area contributed by atoms with E-state index in [0.717, 1.165) is 12.1 Å². The minimum Gasteiger partial charge on any atom is -0.488 e. The maximum atomic E-state index is 14.6. The molecule has 198 valence electrons. The van der Waals surface area contributed by atoms with E-state index in [2.05, 4.69) is 15.3 Å². The number of carbonyl (C=O) groups excluding carboxylic acids is 1. The highest BCUT2D eigenvalue weighted by Crippen LogP contribution is 2.24. The molecule has 0 saturated heterocycles. The van der Waals surface area contributed by atoms with E-state index in [0.29, 0.717) is 23.6 Å². The number of nitrogens with zero attached hydrogens (tertiary/aromatic N) is 4. The standard InChI is InChI=1S/C26H31ClFN5O4/c1-17(2)37-23-12-11-20(14-22(23)28)29-24-30-25(36-16-21(34)6-5-13-32(3)4)31-26(35)33(24)15-18-7-9-19(27)10-8-18/h7-12,14,17H,5-6,13,15-16H2,1-4H3,(H,29,30,31,35). The highest BCUT2D eigenvalue weighted by Gasteiger charge is 2.15. The van der Waals surface area contributed by atoms with Gasteiger partial charge in [-0.2, -0.15) is 4.98 Å². The number of rotatable bonds is 13. The number of hydrogen-bond donors (Lipinski definition) is 1. The van der Waals surface area contributed by atoms with Gasteiger partial charge >= 0.3 is 11.7 Å². The number of ketones is 1. The molecular weight excluding hydrogens is 501 g/mol. The Labute approximate surface area is 220 Å². The van der Waals surface area contributed by atoms with Crippen LogP contribution >= 0.6 is 11.6 Å². The number of carbonyl (C=O) groups is 1. The van der Waals surface area contributed by atoms with Gasteiger partial charge in [-0.1, -0.05) is 23.7 Å². The first-order chi connectivity index (χ1) is 17.6. The van der Waals surface area contributed by atoms with E-state index in [1.54, 1.807) is 44.2 Å². The number of anilines is 2.